The zero-order valence-electron chi connectivity index (χ0n) is 15.0. The first-order valence-corrected chi connectivity index (χ1v) is 8.59. The molecule has 3 rings (SSSR count). The van der Waals surface area contributed by atoms with Gasteiger partial charge in [-0.25, -0.2) is 9.37 Å². The highest BCUT2D eigenvalue weighted by Gasteiger charge is 2.19. The molecule has 0 amide bonds. The van der Waals surface area contributed by atoms with Crippen LogP contribution in [0.1, 0.15) is 18.4 Å². The van der Waals surface area contributed by atoms with Gasteiger partial charge in [-0.3, -0.25) is 0 Å². The first kappa shape index (κ1) is 18.4. The Hall–Kier alpha value is -3.39. The van der Waals surface area contributed by atoms with Crippen LogP contribution in [0, 0.1) is 17.1 Å². The summed E-state index contributed by atoms with van der Waals surface area (Å²) >= 11 is 0. The monoisotopic (exact) mass is 362 g/mol. The molecule has 0 aliphatic heterocycles. The van der Waals surface area contributed by atoms with Crippen molar-refractivity contribution in [1.82, 2.24) is 4.98 Å². The number of hydrogen-bond donors (Lipinski definition) is 0. The van der Waals surface area contributed by atoms with Crippen LogP contribution in [0.2, 0.25) is 0 Å². The zero-order chi connectivity index (χ0) is 19.2. The van der Waals surface area contributed by atoms with E-state index in [2.05, 4.69) is 17.6 Å². The van der Waals surface area contributed by atoms with Gasteiger partial charge in [0, 0.05) is 10.9 Å². The van der Waals surface area contributed by atoms with Crippen molar-refractivity contribution in [2.24, 2.45) is 0 Å². The van der Waals surface area contributed by atoms with E-state index in [9.17, 15) is 9.65 Å². The minimum absolute atomic E-state index is 0.249. The Morgan fingerprint density at radius 1 is 1.26 bits per heavy atom. The summed E-state index contributed by atoms with van der Waals surface area (Å²) in [6.45, 7) is 4.10. The summed E-state index contributed by atoms with van der Waals surface area (Å²) in [5, 5.41) is 10.5. The van der Waals surface area contributed by atoms with Crippen LogP contribution in [0.15, 0.2) is 55.1 Å². The van der Waals surface area contributed by atoms with Crippen molar-refractivity contribution in [1.29, 1.82) is 5.26 Å². The van der Waals surface area contributed by atoms with Crippen LogP contribution in [0.5, 0.6) is 11.6 Å². The molecule has 0 aliphatic rings. The predicted molar refractivity (Wildman–Crippen MR) is 103 cm³/mol. The lowest BCUT2D eigenvalue weighted by atomic mass is 9.96. The highest BCUT2D eigenvalue weighted by molar-refractivity contribution is 5.99. The summed E-state index contributed by atoms with van der Waals surface area (Å²) < 4.78 is 24.9. The number of nitrogens with zero attached hydrogens (tertiary/aromatic N) is 2. The summed E-state index contributed by atoms with van der Waals surface area (Å²) in [6.07, 6.45) is 3.39. The Balaban J connectivity index is 2.23. The number of fused-ring (bicyclic) bond motifs is 1. The zero-order valence-corrected chi connectivity index (χ0v) is 15.0. The Morgan fingerprint density at radius 3 is 2.81 bits per heavy atom. The average molecular weight is 362 g/mol. The van der Waals surface area contributed by atoms with Crippen LogP contribution in [-0.2, 0) is 0 Å². The first-order chi connectivity index (χ1) is 13.2. The maximum Gasteiger partial charge on any atom is 0.232 e. The van der Waals surface area contributed by atoms with E-state index in [0.29, 0.717) is 34.4 Å². The fourth-order valence-corrected chi connectivity index (χ4v) is 2.90. The number of aromatic nitrogens is 1. The van der Waals surface area contributed by atoms with Crippen molar-refractivity contribution in [3.05, 3.63) is 66.5 Å². The van der Waals surface area contributed by atoms with Crippen LogP contribution < -0.4 is 9.47 Å². The first-order valence-electron chi connectivity index (χ1n) is 8.59. The van der Waals surface area contributed by atoms with Gasteiger partial charge in [0.25, 0.3) is 0 Å². The number of pyridine rings is 1. The molecule has 0 fully saturated rings. The maximum atomic E-state index is 13.9. The minimum Gasteiger partial charge on any atom is -0.497 e. The van der Waals surface area contributed by atoms with Gasteiger partial charge < -0.3 is 9.47 Å². The second-order valence-electron chi connectivity index (χ2n) is 5.95. The molecule has 3 aromatic rings. The largest absolute Gasteiger partial charge is 0.497 e. The Labute approximate surface area is 157 Å². The van der Waals surface area contributed by atoms with Crippen molar-refractivity contribution < 1.29 is 13.9 Å². The number of methoxy groups -OCH3 is 1. The molecule has 0 saturated heterocycles. The topological polar surface area (TPSA) is 55.1 Å². The molecule has 0 saturated carbocycles. The molecular weight excluding hydrogens is 343 g/mol. The number of benzene rings is 2. The number of hydrogen-bond acceptors (Lipinski definition) is 4. The summed E-state index contributed by atoms with van der Waals surface area (Å²) in [5.74, 6) is 0.502. The third-order valence-electron chi connectivity index (χ3n) is 4.18. The lowest BCUT2D eigenvalue weighted by Crippen LogP contribution is -2.03. The summed E-state index contributed by atoms with van der Waals surface area (Å²) in [7, 11) is 1.57. The Morgan fingerprint density at radius 2 is 2.11 bits per heavy atom. The lowest BCUT2D eigenvalue weighted by Gasteiger charge is -2.14. The van der Waals surface area contributed by atoms with Crippen LogP contribution in [-0.4, -0.2) is 18.7 Å². The number of nitriles is 1. The highest BCUT2D eigenvalue weighted by Crippen LogP contribution is 2.37. The number of halogens is 1. The van der Waals surface area contributed by atoms with E-state index in [1.54, 1.807) is 37.4 Å². The molecule has 0 spiro atoms. The van der Waals surface area contributed by atoms with Crippen molar-refractivity contribution >= 4 is 10.9 Å². The number of rotatable bonds is 7. The van der Waals surface area contributed by atoms with Gasteiger partial charge in [0.1, 0.15) is 23.2 Å². The molecule has 0 unspecified atom stereocenters. The molecule has 1 heterocycles. The van der Waals surface area contributed by atoms with Gasteiger partial charge in [0.2, 0.25) is 5.88 Å². The van der Waals surface area contributed by atoms with Crippen molar-refractivity contribution in [2.45, 2.75) is 12.8 Å². The number of ether oxygens (including phenoxy) is 2. The van der Waals surface area contributed by atoms with Gasteiger partial charge in [-0.15, -0.1) is 6.58 Å². The van der Waals surface area contributed by atoms with E-state index < -0.39 is 0 Å². The van der Waals surface area contributed by atoms with Gasteiger partial charge >= 0.3 is 0 Å². The van der Waals surface area contributed by atoms with Crippen LogP contribution in [0.25, 0.3) is 22.0 Å². The van der Waals surface area contributed by atoms with E-state index >= 15 is 0 Å². The fourth-order valence-electron chi connectivity index (χ4n) is 2.90. The molecule has 5 heteroatoms. The Bertz CT molecular complexity index is 1020. The van der Waals surface area contributed by atoms with E-state index in [-0.39, 0.29) is 17.3 Å². The SMILES string of the molecule is C=CCCCOc1nc2ccc(OC)cc2c(-c2cccc(F)c2)c1C#N. The van der Waals surface area contributed by atoms with E-state index in [0.717, 1.165) is 12.8 Å². The van der Waals surface area contributed by atoms with Crippen LogP contribution >= 0.6 is 0 Å². The van der Waals surface area contributed by atoms with Crippen molar-refractivity contribution in [3.8, 4) is 28.8 Å². The smallest absolute Gasteiger partial charge is 0.232 e. The van der Waals surface area contributed by atoms with Gasteiger partial charge in [-0.2, -0.15) is 5.26 Å². The molecule has 4 nitrogen and oxygen atoms in total. The fraction of sp³-hybridized carbons (Fsp3) is 0.182. The van der Waals surface area contributed by atoms with Gasteiger partial charge in [0.05, 0.1) is 19.2 Å². The average Bonchev–Trinajstić information content (AvgIpc) is 2.69. The third kappa shape index (κ3) is 3.90. The molecule has 2 aromatic carbocycles. The van der Waals surface area contributed by atoms with E-state index in [1.807, 2.05) is 6.08 Å². The molecular formula is C22H19FN2O2. The second-order valence-corrected chi connectivity index (χ2v) is 5.95. The molecule has 0 N–H and O–H groups in total. The minimum atomic E-state index is -0.377. The maximum absolute atomic E-state index is 13.9. The van der Waals surface area contributed by atoms with Gasteiger partial charge in [0.15, 0.2) is 0 Å². The molecule has 136 valence electrons. The quantitative estimate of drug-likeness (QED) is 0.425. The molecule has 0 radical (unpaired) electrons. The molecule has 1 aromatic heterocycles. The van der Waals surface area contributed by atoms with E-state index in [1.165, 1.54) is 12.1 Å². The van der Waals surface area contributed by atoms with Crippen LogP contribution in [0.3, 0.4) is 0 Å². The molecule has 0 aliphatic carbocycles. The van der Waals surface area contributed by atoms with Gasteiger partial charge in [-0.1, -0.05) is 18.2 Å². The lowest BCUT2D eigenvalue weighted by molar-refractivity contribution is 0.300. The summed E-state index contributed by atoms with van der Waals surface area (Å²) in [6, 6.07) is 13.7. The van der Waals surface area contributed by atoms with E-state index in [4.69, 9.17) is 9.47 Å². The van der Waals surface area contributed by atoms with Gasteiger partial charge in [-0.05, 0) is 48.7 Å². The standard InChI is InChI=1S/C22H19FN2O2/c1-3-4-5-11-27-22-19(14-24)21(15-7-6-8-16(23)12-15)18-13-17(26-2)9-10-20(18)25-22/h3,6-10,12-13H,1,4-5,11H2,2H3. The second kappa shape index (κ2) is 8.33. The molecule has 0 bridgehead atoms. The predicted octanol–water partition coefficient (Wildman–Crippen LogP) is 5.27. The normalized spacial score (nSPS) is 10.4. The van der Waals surface area contributed by atoms with Crippen molar-refractivity contribution in [3.63, 3.8) is 0 Å². The summed E-state index contributed by atoms with van der Waals surface area (Å²) in [4.78, 5) is 4.51. The highest BCUT2D eigenvalue weighted by atomic mass is 19.1. The molecule has 27 heavy (non-hydrogen) atoms. The third-order valence-corrected chi connectivity index (χ3v) is 4.18. The number of unbranched alkanes of at least 4 members (excludes halogenated alkanes) is 1. The summed E-state index contributed by atoms with van der Waals surface area (Å²) in [5.41, 5.74) is 2.09. The Kier molecular flexibility index (Phi) is 5.68. The van der Waals surface area contributed by atoms with Crippen LogP contribution in [0.4, 0.5) is 4.39 Å². The van der Waals surface area contributed by atoms with Crippen molar-refractivity contribution in [2.75, 3.05) is 13.7 Å². The number of allylic oxidation sites excluding steroid dienone is 1. The molecule has 0 atom stereocenters.